The van der Waals surface area contributed by atoms with Crippen molar-refractivity contribution < 1.29 is 13.9 Å². The first kappa shape index (κ1) is 16.0. The standard InChI is InChI=1S/C16H13BrClFO2/c1-21-11-5-2-10(3-6-11)4-7-16(20)12-8-14(18)13(17)9-15(12)19/h2-3,5-6,8-9H,4,7H2,1H3. The Bertz CT molecular complexity index is 656. The van der Waals surface area contributed by atoms with E-state index in [1.165, 1.54) is 12.1 Å². The van der Waals surface area contributed by atoms with Gasteiger partial charge < -0.3 is 4.74 Å². The molecule has 110 valence electrons. The molecule has 2 aromatic rings. The predicted octanol–water partition coefficient (Wildman–Crippen LogP) is 5.07. The zero-order valence-corrected chi connectivity index (χ0v) is 13.7. The number of carbonyl (C=O) groups excluding carboxylic acids is 1. The molecule has 0 unspecified atom stereocenters. The molecule has 0 aliphatic heterocycles. The van der Waals surface area contributed by atoms with Gasteiger partial charge in [0.1, 0.15) is 11.6 Å². The zero-order valence-electron chi connectivity index (χ0n) is 11.3. The molecule has 2 nitrogen and oxygen atoms in total. The molecular formula is C16H13BrClFO2. The Morgan fingerprint density at radius 3 is 2.57 bits per heavy atom. The first-order valence-electron chi connectivity index (χ1n) is 6.32. The van der Waals surface area contributed by atoms with E-state index in [4.69, 9.17) is 16.3 Å². The minimum absolute atomic E-state index is 0.0247. The number of aryl methyl sites for hydroxylation is 1. The third kappa shape index (κ3) is 4.05. The number of rotatable bonds is 5. The second-order valence-electron chi connectivity index (χ2n) is 4.52. The zero-order chi connectivity index (χ0) is 15.4. The van der Waals surface area contributed by atoms with Gasteiger partial charge in [-0.1, -0.05) is 23.7 Å². The first-order valence-corrected chi connectivity index (χ1v) is 7.49. The number of Topliss-reactive ketones (excluding diaryl/α,β-unsaturated/α-hetero) is 1. The van der Waals surface area contributed by atoms with Crippen molar-refractivity contribution in [1.82, 2.24) is 0 Å². The number of methoxy groups -OCH3 is 1. The smallest absolute Gasteiger partial charge is 0.166 e. The van der Waals surface area contributed by atoms with Crippen molar-refractivity contribution in [2.45, 2.75) is 12.8 Å². The molecule has 5 heteroatoms. The summed E-state index contributed by atoms with van der Waals surface area (Å²) in [5.74, 6) is -0.0699. The van der Waals surface area contributed by atoms with Crippen molar-refractivity contribution in [1.29, 1.82) is 0 Å². The molecule has 2 aromatic carbocycles. The lowest BCUT2D eigenvalue weighted by Gasteiger charge is -2.06. The monoisotopic (exact) mass is 370 g/mol. The van der Waals surface area contributed by atoms with E-state index in [1.807, 2.05) is 24.3 Å². The average Bonchev–Trinajstić information content (AvgIpc) is 2.49. The van der Waals surface area contributed by atoms with Crippen LogP contribution in [0.4, 0.5) is 4.39 Å². The molecule has 0 aliphatic carbocycles. The molecule has 0 saturated carbocycles. The van der Waals surface area contributed by atoms with Crippen LogP contribution < -0.4 is 4.74 Å². The Balaban J connectivity index is 2.06. The molecule has 0 heterocycles. The molecule has 2 rings (SSSR count). The molecular weight excluding hydrogens is 359 g/mol. The maximum Gasteiger partial charge on any atom is 0.166 e. The summed E-state index contributed by atoms with van der Waals surface area (Å²) in [5.41, 5.74) is 1.02. The molecule has 0 N–H and O–H groups in total. The lowest BCUT2D eigenvalue weighted by molar-refractivity contribution is 0.0979. The van der Waals surface area contributed by atoms with Gasteiger partial charge in [0.05, 0.1) is 17.7 Å². The van der Waals surface area contributed by atoms with Crippen LogP contribution in [0.3, 0.4) is 0 Å². The summed E-state index contributed by atoms with van der Waals surface area (Å²) in [4.78, 5) is 12.1. The van der Waals surface area contributed by atoms with Gasteiger partial charge in [0, 0.05) is 10.9 Å². The van der Waals surface area contributed by atoms with E-state index in [-0.39, 0.29) is 17.8 Å². The number of benzene rings is 2. The third-order valence-electron chi connectivity index (χ3n) is 3.11. The van der Waals surface area contributed by atoms with Gasteiger partial charge in [-0.2, -0.15) is 0 Å². The highest BCUT2D eigenvalue weighted by Gasteiger charge is 2.14. The van der Waals surface area contributed by atoms with E-state index in [1.54, 1.807) is 7.11 Å². The summed E-state index contributed by atoms with van der Waals surface area (Å²) in [5, 5.41) is 0.323. The Morgan fingerprint density at radius 2 is 1.95 bits per heavy atom. The van der Waals surface area contributed by atoms with Crippen LogP contribution in [0.15, 0.2) is 40.9 Å². The van der Waals surface area contributed by atoms with Crippen LogP contribution >= 0.6 is 27.5 Å². The highest BCUT2D eigenvalue weighted by molar-refractivity contribution is 9.10. The SMILES string of the molecule is COc1ccc(CCC(=O)c2cc(Cl)c(Br)cc2F)cc1. The summed E-state index contributed by atoms with van der Waals surface area (Å²) >= 11 is 9.02. The lowest BCUT2D eigenvalue weighted by atomic mass is 10.0. The molecule has 0 atom stereocenters. The molecule has 0 spiro atoms. The number of carbonyl (C=O) groups is 1. The number of hydrogen-bond acceptors (Lipinski definition) is 2. The normalized spacial score (nSPS) is 10.5. The van der Waals surface area contributed by atoms with Crippen LogP contribution in [-0.4, -0.2) is 12.9 Å². The molecule has 0 bridgehead atoms. The van der Waals surface area contributed by atoms with Crippen molar-refractivity contribution in [2.24, 2.45) is 0 Å². The Labute approximate surface area is 136 Å². The molecule has 0 aromatic heterocycles. The summed E-state index contributed by atoms with van der Waals surface area (Å²) < 4.78 is 19.3. The summed E-state index contributed by atoms with van der Waals surface area (Å²) in [6, 6.07) is 10.0. The number of hydrogen-bond donors (Lipinski definition) is 0. The fourth-order valence-corrected chi connectivity index (χ4v) is 2.40. The largest absolute Gasteiger partial charge is 0.497 e. The van der Waals surface area contributed by atoms with Gasteiger partial charge in [-0.25, -0.2) is 4.39 Å². The minimum Gasteiger partial charge on any atom is -0.497 e. The van der Waals surface area contributed by atoms with Crippen molar-refractivity contribution in [2.75, 3.05) is 7.11 Å². The van der Waals surface area contributed by atoms with Gasteiger partial charge in [-0.3, -0.25) is 4.79 Å². The van der Waals surface area contributed by atoms with Gasteiger partial charge >= 0.3 is 0 Å². The molecule has 0 aliphatic rings. The van der Waals surface area contributed by atoms with Gasteiger partial charge in [0.15, 0.2) is 5.78 Å². The summed E-state index contributed by atoms with van der Waals surface area (Å²) in [7, 11) is 1.60. The maximum absolute atomic E-state index is 13.8. The number of ketones is 1. The van der Waals surface area contributed by atoms with E-state index in [2.05, 4.69) is 15.9 Å². The predicted molar refractivity (Wildman–Crippen MR) is 84.8 cm³/mol. The quantitative estimate of drug-likeness (QED) is 0.542. The van der Waals surface area contributed by atoms with Gasteiger partial charge in [0.2, 0.25) is 0 Å². The van der Waals surface area contributed by atoms with Gasteiger partial charge in [0.25, 0.3) is 0 Å². The van der Waals surface area contributed by atoms with E-state index < -0.39 is 5.82 Å². The second kappa shape index (κ2) is 7.05. The molecule has 0 fully saturated rings. The number of halogens is 3. The Morgan fingerprint density at radius 1 is 1.29 bits per heavy atom. The number of ether oxygens (including phenoxy) is 1. The van der Waals surface area contributed by atoms with Crippen molar-refractivity contribution in [3.05, 3.63) is 62.8 Å². The fourth-order valence-electron chi connectivity index (χ4n) is 1.92. The Hall–Kier alpha value is -1.39. The van der Waals surface area contributed by atoms with E-state index in [0.717, 1.165) is 11.3 Å². The minimum atomic E-state index is -0.564. The highest BCUT2D eigenvalue weighted by atomic mass is 79.9. The van der Waals surface area contributed by atoms with E-state index in [0.29, 0.717) is 15.9 Å². The molecule has 21 heavy (non-hydrogen) atoms. The summed E-state index contributed by atoms with van der Waals surface area (Å²) in [6.45, 7) is 0. The van der Waals surface area contributed by atoms with Gasteiger partial charge in [-0.15, -0.1) is 0 Å². The van der Waals surface area contributed by atoms with Crippen molar-refractivity contribution in [3.63, 3.8) is 0 Å². The Kier molecular flexibility index (Phi) is 5.37. The molecule has 0 radical (unpaired) electrons. The van der Waals surface area contributed by atoms with Gasteiger partial charge in [-0.05, 0) is 52.2 Å². The van der Waals surface area contributed by atoms with Crippen molar-refractivity contribution in [3.8, 4) is 5.75 Å². The van der Waals surface area contributed by atoms with Crippen LogP contribution in [0.25, 0.3) is 0 Å². The highest BCUT2D eigenvalue weighted by Crippen LogP contribution is 2.26. The fraction of sp³-hybridized carbons (Fsp3) is 0.188. The third-order valence-corrected chi connectivity index (χ3v) is 4.31. The van der Waals surface area contributed by atoms with Crippen LogP contribution in [0.2, 0.25) is 5.02 Å². The van der Waals surface area contributed by atoms with Crippen LogP contribution in [0, 0.1) is 5.82 Å². The van der Waals surface area contributed by atoms with Crippen LogP contribution in [-0.2, 0) is 6.42 Å². The van der Waals surface area contributed by atoms with E-state index >= 15 is 0 Å². The lowest BCUT2D eigenvalue weighted by Crippen LogP contribution is -2.04. The van der Waals surface area contributed by atoms with Crippen LogP contribution in [0.5, 0.6) is 5.75 Å². The van der Waals surface area contributed by atoms with E-state index in [9.17, 15) is 9.18 Å². The molecule has 0 saturated heterocycles. The average molecular weight is 372 g/mol. The van der Waals surface area contributed by atoms with Crippen LogP contribution in [0.1, 0.15) is 22.3 Å². The van der Waals surface area contributed by atoms with Crippen molar-refractivity contribution >= 4 is 33.3 Å². The second-order valence-corrected chi connectivity index (χ2v) is 5.78. The first-order chi connectivity index (χ1) is 10.0. The topological polar surface area (TPSA) is 26.3 Å². The molecule has 0 amide bonds. The maximum atomic E-state index is 13.8. The summed E-state index contributed by atoms with van der Waals surface area (Å²) in [6.07, 6.45) is 0.761.